The van der Waals surface area contributed by atoms with Crippen molar-refractivity contribution in [3.63, 3.8) is 0 Å². The lowest BCUT2D eigenvalue weighted by Crippen LogP contribution is -2.40. The van der Waals surface area contributed by atoms with Crippen molar-refractivity contribution in [2.45, 2.75) is 51.0 Å². The van der Waals surface area contributed by atoms with Crippen LogP contribution in [0.2, 0.25) is 0 Å². The minimum atomic E-state index is -2.67. The molecule has 2 unspecified atom stereocenters. The number of nitrogens with two attached hydrogens (primary N) is 1. The molecule has 1 saturated heterocycles. The number of benzene rings is 2. The second-order valence-corrected chi connectivity index (χ2v) is 11.1. The molecule has 2 aromatic carbocycles. The van der Waals surface area contributed by atoms with Crippen LogP contribution < -0.4 is 21.2 Å². The van der Waals surface area contributed by atoms with Gasteiger partial charge in [-0.25, -0.2) is 4.99 Å². The number of likely N-dealkylation sites (tertiary alicyclic amines) is 1. The molecule has 2 amide bonds. The van der Waals surface area contributed by atoms with Crippen molar-refractivity contribution < 1.29 is 19.0 Å². The van der Waals surface area contributed by atoms with E-state index in [9.17, 15) is 19.0 Å². The lowest BCUT2D eigenvalue weighted by atomic mass is 9.84. The van der Waals surface area contributed by atoms with Crippen molar-refractivity contribution in [1.82, 2.24) is 10.2 Å². The predicted octanol–water partition coefficient (Wildman–Crippen LogP) is 2.60. The SMILES string of the molecule is NC(Cc1cccc([P+](=O)[O-])c1)=NC(=O)C1CCN(CCC(NC(=O)C2CCC2)c2ccccc2)CC1. The van der Waals surface area contributed by atoms with Crippen LogP contribution in [-0.4, -0.2) is 42.2 Å². The Balaban J connectivity index is 1.26. The molecule has 2 atom stereocenters. The molecule has 0 spiro atoms. The average molecular weight is 523 g/mol. The Labute approximate surface area is 219 Å². The molecule has 8 nitrogen and oxygen atoms in total. The molecular formula is C28H35N4O4P. The summed E-state index contributed by atoms with van der Waals surface area (Å²) in [5.74, 6) is 0.131. The Kier molecular flexibility index (Phi) is 9.56. The van der Waals surface area contributed by atoms with E-state index < -0.39 is 8.03 Å². The van der Waals surface area contributed by atoms with Crippen LogP contribution in [0.4, 0.5) is 0 Å². The van der Waals surface area contributed by atoms with Crippen molar-refractivity contribution >= 4 is 31.0 Å². The van der Waals surface area contributed by atoms with Crippen LogP contribution in [0.5, 0.6) is 0 Å². The van der Waals surface area contributed by atoms with E-state index >= 15 is 0 Å². The van der Waals surface area contributed by atoms with E-state index in [1.807, 2.05) is 18.2 Å². The molecule has 2 aromatic rings. The number of nitrogens with zero attached hydrogens (tertiary/aromatic N) is 2. The quantitative estimate of drug-likeness (QED) is 0.281. The number of amides is 2. The highest BCUT2D eigenvalue weighted by Crippen LogP contribution is 2.28. The molecule has 3 N–H and O–H groups in total. The Hall–Kier alpha value is -2.93. The normalized spacial score (nSPS) is 18.6. The van der Waals surface area contributed by atoms with E-state index in [4.69, 9.17) is 5.73 Å². The molecule has 196 valence electrons. The minimum absolute atomic E-state index is 0.0173. The molecule has 2 fully saturated rings. The summed E-state index contributed by atoms with van der Waals surface area (Å²) >= 11 is 0. The number of hydrogen-bond donors (Lipinski definition) is 2. The second kappa shape index (κ2) is 13.0. The number of carbonyl (C=O) groups is 2. The maximum absolute atomic E-state index is 12.7. The summed E-state index contributed by atoms with van der Waals surface area (Å²) in [6, 6.07) is 16.6. The van der Waals surface area contributed by atoms with E-state index in [1.165, 1.54) is 6.07 Å². The van der Waals surface area contributed by atoms with Crippen LogP contribution in [0.15, 0.2) is 59.6 Å². The third-order valence-electron chi connectivity index (χ3n) is 7.43. The van der Waals surface area contributed by atoms with Crippen molar-refractivity contribution in [2.75, 3.05) is 19.6 Å². The summed E-state index contributed by atoms with van der Waals surface area (Å²) in [4.78, 5) is 43.0. The number of carbonyl (C=O) groups excluding carboxylic acids is 2. The number of aliphatic imine (C=N–C) groups is 1. The molecule has 1 aliphatic carbocycles. The average Bonchev–Trinajstić information content (AvgIpc) is 2.86. The van der Waals surface area contributed by atoms with Crippen LogP contribution >= 0.6 is 8.03 Å². The van der Waals surface area contributed by atoms with E-state index in [2.05, 4.69) is 27.3 Å². The van der Waals surface area contributed by atoms with Gasteiger partial charge in [0.05, 0.1) is 6.04 Å². The molecule has 4 rings (SSSR count). The van der Waals surface area contributed by atoms with Crippen LogP contribution in [0.3, 0.4) is 0 Å². The van der Waals surface area contributed by atoms with Gasteiger partial charge in [0, 0.05) is 24.8 Å². The lowest BCUT2D eigenvalue weighted by molar-refractivity contribution is -0.160. The van der Waals surface area contributed by atoms with Gasteiger partial charge in [0.2, 0.25) is 5.91 Å². The van der Waals surface area contributed by atoms with Gasteiger partial charge in [-0.1, -0.05) is 53.5 Å². The van der Waals surface area contributed by atoms with E-state index in [1.54, 1.807) is 18.2 Å². The van der Waals surface area contributed by atoms with E-state index in [0.29, 0.717) is 18.4 Å². The fourth-order valence-corrected chi connectivity index (χ4v) is 5.42. The van der Waals surface area contributed by atoms with E-state index in [-0.39, 0.29) is 47.3 Å². The summed E-state index contributed by atoms with van der Waals surface area (Å²) in [7, 11) is -2.67. The molecule has 9 heteroatoms. The van der Waals surface area contributed by atoms with Gasteiger partial charge in [0.1, 0.15) is 5.84 Å². The zero-order valence-corrected chi connectivity index (χ0v) is 21.9. The summed E-state index contributed by atoms with van der Waals surface area (Å²) in [5, 5.41) is 3.49. The summed E-state index contributed by atoms with van der Waals surface area (Å²) in [6.07, 6.45) is 5.58. The first-order valence-electron chi connectivity index (χ1n) is 13.1. The second-order valence-electron chi connectivity index (χ2n) is 10.0. The number of amidine groups is 1. The van der Waals surface area contributed by atoms with Gasteiger partial charge < -0.3 is 20.8 Å². The molecule has 37 heavy (non-hydrogen) atoms. The van der Waals surface area contributed by atoms with Crippen molar-refractivity contribution in [3.8, 4) is 0 Å². The molecular weight excluding hydrogens is 487 g/mol. The summed E-state index contributed by atoms with van der Waals surface area (Å²) < 4.78 is 11.2. The zero-order valence-electron chi connectivity index (χ0n) is 21.1. The van der Waals surface area contributed by atoms with Gasteiger partial charge in [-0.2, -0.15) is 0 Å². The number of piperidine rings is 1. The molecule has 2 aliphatic rings. The topological polar surface area (TPSA) is 128 Å². The van der Waals surface area contributed by atoms with Crippen molar-refractivity contribution in [2.24, 2.45) is 22.6 Å². The van der Waals surface area contributed by atoms with E-state index in [0.717, 1.165) is 50.9 Å². The highest BCUT2D eigenvalue weighted by molar-refractivity contribution is 7.45. The Morgan fingerprint density at radius 2 is 1.78 bits per heavy atom. The third kappa shape index (κ3) is 7.78. The molecule has 1 heterocycles. The van der Waals surface area contributed by atoms with Crippen molar-refractivity contribution in [1.29, 1.82) is 0 Å². The fraction of sp³-hybridized carbons (Fsp3) is 0.464. The monoisotopic (exact) mass is 522 g/mol. The standard InChI is InChI=1S/C28H35N4O4P/c29-26(19-20-6-4-11-24(18-20)37(35)36)31-28(34)23-12-15-32(16-13-23)17-14-25(21-7-2-1-3-8-21)30-27(33)22-9-5-10-22/h1-4,6-8,11,18,22-23,25H,5,9-10,12-17,19H2,(H,30,33)(H2,29,31,34). The first kappa shape index (κ1) is 27.1. The first-order valence-corrected chi connectivity index (χ1v) is 14.2. The zero-order chi connectivity index (χ0) is 26.2. The molecule has 1 saturated carbocycles. The van der Waals surface area contributed by atoms with Crippen LogP contribution in [0.25, 0.3) is 0 Å². The van der Waals surface area contributed by atoms with Gasteiger partial charge in [0.25, 0.3) is 5.91 Å². The highest BCUT2D eigenvalue weighted by Gasteiger charge is 2.29. The summed E-state index contributed by atoms with van der Waals surface area (Å²) in [5.41, 5.74) is 7.84. The maximum atomic E-state index is 12.7. The fourth-order valence-electron chi connectivity index (χ4n) is 4.94. The lowest BCUT2D eigenvalue weighted by Gasteiger charge is -2.32. The smallest absolute Gasteiger partial charge is 0.348 e. The number of nitrogens with one attached hydrogen (secondary N) is 1. The molecule has 1 aliphatic heterocycles. The largest absolute Gasteiger partial charge is 0.591 e. The maximum Gasteiger partial charge on any atom is 0.348 e. The van der Waals surface area contributed by atoms with Crippen LogP contribution in [0.1, 0.15) is 55.7 Å². The van der Waals surface area contributed by atoms with Gasteiger partial charge in [0.15, 0.2) is 5.30 Å². The third-order valence-corrected chi connectivity index (χ3v) is 8.13. The van der Waals surface area contributed by atoms with Crippen LogP contribution in [-0.2, 0) is 20.6 Å². The van der Waals surface area contributed by atoms with Gasteiger partial charge in [-0.3, -0.25) is 9.59 Å². The number of hydrogen-bond acceptors (Lipinski definition) is 5. The van der Waals surface area contributed by atoms with Gasteiger partial charge >= 0.3 is 8.03 Å². The predicted molar refractivity (Wildman–Crippen MR) is 142 cm³/mol. The van der Waals surface area contributed by atoms with Gasteiger partial charge in [-0.15, -0.1) is 0 Å². The Bertz CT molecular complexity index is 1130. The Morgan fingerprint density at radius 3 is 2.43 bits per heavy atom. The Morgan fingerprint density at radius 1 is 1.05 bits per heavy atom. The van der Waals surface area contributed by atoms with Crippen LogP contribution in [0, 0.1) is 11.8 Å². The van der Waals surface area contributed by atoms with Crippen molar-refractivity contribution in [3.05, 3.63) is 65.7 Å². The highest BCUT2D eigenvalue weighted by atomic mass is 31.1. The number of rotatable bonds is 10. The molecule has 0 bridgehead atoms. The first-order chi connectivity index (χ1) is 17.9. The van der Waals surface area contributed by atoms with Gasteiger partial charge in [-0.05, 0) is 68.5 Å². The summed E-state index contributed by atoms with van der Waals surface area (Å²) in [6.45, 7) is 2.43. The molecule has 0 aromatic heterocycles. The molecule has 0 radical (unpaired) electrons. The minimum Gasteiger partial charge on any atom is -0.591 e.